The van der Waals surface area contributed by atoms with Crippen molar-refractivity contribution in [3.63, 3.8) is 0 Å². The molecule has 172 valence electrons. The van der Waals surface area contributed by atoms with Crippen LogP contribution in [0.5, 0.6) is 0 Å². The molecule has 2 aromatic rings. The highest BCUT2D eigenvalue weighted by Crippen LogP contribution is 2.43. The first-order valence-electron chi connectivity index (χ1n) is 9.69. The van der Waals surface area contributed by atoms with Gasteiger partial charge in [0.15, 0.2) is 0 Å². The quantitative estimate of drug-likeness (QED) is 0.526. The lowest BCUT2D eigenvalue weighted by atomic mass is 9.79. The van der Waals surface area contributed by atoms with Crippen LogP contribution in [-0.2, 0) is 6.18 Å². The van der Waals surface area contributed by atoms with Crippen LogP contribution in [0.15, 0.2) is 24.5 Å². The summed E-state index contributed by atoms with van der Waals surface area (Å²) >= 11 is 0. The molecule has 32 heavy (non-hydrogen) atoms. The maximum Gasteiger partial charge on any atom is 0.433 e. The van der Waals surface area contributed by atoms with Crippen LogP contribution >= 0.6 is 0 Å². The van der Waals surface area contributed by atoms with Crippen LogP contribution < -0.4 is 15.1 Å². The zero-order valence-corrected chi connectivity index (χ0v) is 16.6. The first-order chi connectivity index (χ1) is 15.0. The molecule has 2 N–H and O–H groups in total. The molecule has 1 spiro atoms. The molecule has 0 aromatic carbocycles. The Morgan fingerprint density at radius 2 is 1.81 bits per heavy atom. The number of hydrogen-bond acceptors (Lipinski definition) is 7. The average molecular weight is 459 g/mol. The van der Waals surface area contributed by atoms with Crippen molar-refractivity contribution in [3.8, 4) is 0 Å². The largest absolute Gasteiger partial charge is 0.433 e. The first-order valence-corrected chi connectivity index (χ1v) is 9.69. The van der Waals surface area contributed by atoms with Crippen LogP contribution in [0.1, 0.15) is 17.7 Å². The molecule has 2 aromatic heterocycles. The molecule has 2 saturated heterocycles. The number of halogens is 6. The molecule has 7 nitrogen and oxygen atoms in total. The van der Waals surface area contributed by atoms with Crippen LogP contribution in [-0.4, -0.2) is 60.1 Å². The van der Waals surface area contributed by atoms with Crippen LogP contribution in [0, 0.1) is 10.8 Å². The van der Waals surface area contributed by atoms with E-state index >= 15 is 0 Å². The second-order valence-corrected chi connectivity index (χ2v) is 8.01. The van der Waals surface area contributed by atoms with Crippen LogP contribution in [0.2, 0.25) is 0 Å². The van der Waals surface area contributed by atoms with Gasteiger partial charge in [0.25, 0.3) is 0 Å². The molecule has 13 heteroatoms. The summed E-state index contributed by atoms with van der Waals surface area (Å²) in [6.07, 6.45) is -4.89. The molecule has 0 bridgehead atoms. The molecule has 0 unspecified atom stereocenters. The fourth-order valence-corrected chi connectivity index (χ4v) is 4.05. The highest BCUT2D eigenvalue weighted by molar-refractivity contribution is 5.84. The molecule has 0 aliphatic carbocycles. The van der Waals surface area contributed by atoms with Gasteiger partial charge in [0, 0.05) is 55.9 Å². The summed E-state index contributed by atoms with van der Waals surface area (Å²) in [6, 6.07) is 2.56. The van der Waals surface area contributed by atoms with Gasteiger partial charge in [-0.25, -0.2) is 4.98 Å². The van der Waals surface area contributed by atoms with Crippen molar-refractivity contribution in [2.45, 2.75) is 18.8 Å². The third kappa shape index (κ3) is 4.55. The van der Waals surface area contributed by atoms with E-state index in [1.165, 1.54) is 12.3 Å². The van der Waals surface area contributed by atoms with Gasteiger partial charge in [0.1, 0.15) is 18.1 Å². The minimum atomic E-state index is -4.51. The van der Waals surface area contributed by atoms with Crippen molar-refractivity contribution < 1.29 is 26.3 Å². The van der Waals surface area contributed by atoms with Crippen molar-refractivity contribution in [1.29, 1.82) is 5.41 Å². The number of rotatable bonds is 5. The molecular formula is C19H19F6N7. The highest BCUT2D eigenvalue weighted by atomic mass is 19.4. The summed E-state index contributed by atoms with van der Waals surface area (Å²) in [5.41, 5.74) is -0.519. The van der Waals surface area contributed by atoms with Gasteiger partial charge in [-0.15, -0.1) is 0 Å². The van der Waals surface area contributed by atoms with Gasteiger partial charge >= 0.3 is 12.4 Å². The van der Waals surface area contributed by atoms with E-state index in [1.807, 2.05) is 9.80 Å². The van der Waals surface area contributed by atoms with Gasteiger partial charge < -0.3 is 20.5 Å². The predicted molar refractivity (Wildman–Crippen MR) is 105 cm³/mol. The summed E-state index contributed by atoms with van der Waals surface area (Å²) < 4.78 is 76.4. The number of nitrogens with zero attached hydrogens (tertiary/aromatic N) is 5. The standard InChI is InChI=1S/C19H19F6N7/c20-18(21,22)8-29-15-12(6-26)7-28-16(30-15)31-4-2-17(9-31)10-32(11-17)13-1-3-27-14(5-13)19(23,24)25/h1,3,5-7,26H,2,4,8-11H2,(H,28,29,30). The van der Waals surface area contributed by atoms with E-state index < -0.39 is 24.6 Å². The van der Waals surface area contributed by atoms with E-state index in [1.54, 1.807) is 0 Å². The Labute approximate surface area is 179 Å². The number of aromatic nitrogens is 3. The minimum Gasteiger partial charge on any atom is -0.370 e. The van der Waals surface area contributed by atoms with E-state index in [0.29, 0.717) is 31.9 Å². The fraction of sp³-hybridized carbons (Fsp3) is 0.474. The number of nitrogens with one attached hydrogen (secondary N) is 2. The summed E-state index contributed by atoms with van der Waals surface area (Å²) in [5.74, 6) is 0.175. The Morgan fingerprint density at radius 1 is 1.09 bits per heavy atom. The number of anilines is 3. The van der Waals surface area contributed by atoms with Gasteiger partial charge in [-0.3, -0.25) is 4.98 Å². The first kappa shape index (κ1) is 22.1. The third-order valence-corrected chi connectivity index (χ3v) is 5.59. The molecular weight excluding hydrogens is 440 g/mol. The zero-order chi connectivity index (χ0) is 23.1. The van der Waals surface area contributed by atoms with Gasteiger partial charge in [0.2, 0.25) is 5.95 Å². The lowest BCUT2D eigenvalue weighted by Crippen LogP contribution is -2.57. The van der Waals surface area contributed by atoms with E-state index in [9.17, 15) is 26.3 Å². The van der Waals surface area contributed by atoms with Crippen molar-refractivity contribution in [1.82, 2.24) is 15.0 Å². The third-order valence-electron chi connectivity index (χ3n) is 5.59. The van der Waals surface area contributed by atoms with Gasteiger partial charge in [-0.2, -0.15) is 31.3 Å². The molecule has 0 radical (unpaired) electrons. The second kappa shape index (κ2) is 7.78. The smallest absolute Gasteiger partial charge is 0.370 e. The molecule has 2 aliphatic heterocycles. The van der Waals surface area contributed by atoms with Crippen molar-refractivity contribution in [2.75, 3.05) is 47.8 Å². The molecule has 2 fully saturated rings. The molecule has 0 saturated carbocycles. The van der Waals surface area contributed by atoms with Crippen LogP contribution in [0.3, 0.4) is 0 Å². The summed E-state index contributed by atoms with van der Waals surface area (Å²) in [4.78, 5) is 15.4. The van der Waals surface area contributed by atoms with Crippen molar-refractivity contribution in [3.05, 3.63) is 35.8 Å². The van der Waals surface area contributed by atoms with E-state index in [0.717, 1.165) is 24.9 Å². The second-order valence-electron chi connectivity index (χ2n) is 8.01. The predicted octanol–water partition coefficient (Wildman–Crippen LogP) is 3.58. The maximum absolute atomic E-state index is 12.9. The van der Waals surface area contributed by atoms with Gasteiger partial charge in [-0.05, 0) is 18.6 Å². The molecule has 2 aliphatic rings. The Kier molecular flexibility index (Phi) is 5.37. The lowest BCUT2D eigenvalue weighted by molar-refractivity contribution is -0.141. The van der Waals surface area contributed by atoms with Crippen molar-refractivity contribution >= 4 is 23.7 Å². The monoisotopic (exact) mass is 459 g/mol. The van der Waals surface area contributed by atoms with Crippen LogP contribution in [0.4, 0.5) is 43.8 Å². The van der Waals surface area contributed by atoms with Crippen molar-refractivity contribution in [2.24, 2.45) is 5.41 Å². The molecule has 0 amide bonds. The summed E-state index contributed by atoms with van der Waals surface area (Å²) in [5, 5.41) is 9.54. The fourth-order valence-electron chi connectivity index (χ4n) is 4.05. The Morgan fingerprint density at radius 3 is 2.47 bits per heavy atom. The number of pyridine rings is 1. The zero-order valence-electron chi connectivity index (χ0n) is 16.6. The Bertz CT molecular complexity index is 1000. The van der Waals surface area contributed by atoms with Gasteiger partial charge in [-0.1, -0.05) is 0 Å². The number of hydrogen-bond donors (Lipinski definition) is 2. The normalized spacial score (nSPS) is 18.1. The topological polar surface area (TPSA) is 81.0 Å². The minimum absolute atomic E-state index is 0.0741. The van der Waals surface area contributed by atoms with E-state index in [2.05, 4.69) is 20.3 Å². The number of alkyl halides is 6. The highest BCUT2D eigenvalue weighted by Gasteiger charge is 2.48. The molecule has 4 heterocycles. The van der Waals surface area contributed by atoms with Gasteiger partial charge in [0.05, 0.1) is 5.56 Å². The van der Waals surface area contributed by atoms with Crippen LogP contribution in [0.25, 0.3) is 0 Å². The van der Waals surface area contributed by atoms with E-state index in [-0.39, 0.29) is 22.7 Å². The summed E-state index contributed by atoms with van der Waals surface area (Å²) in [7, 11) is 0. The summed E-state index contributed by atoms with van der Waals surface area (Å²) in [6.45, 7) is 0.907. The van der Waals surface area contributed by atoms with E-state index in [4.69, 9.17) is 5.41 Å². The molecule has 0 atom stereocenters. The Hall–Kier alpha value is -3.12. The Balaban J connectivity index is 1.43. The lowest BCUT2D eigenvalue weighted by Gasteiger charge is -2.49. The molecule has 4 rings (SSSR count). The average Bonchev–Trinajstić information content (AvgIpc) is 3.16. The maximum atomic E-state index is 12.9. The SMILES string of the molecule is N=Cc1cnc(N2CCC3(CN(c4ccnc(C(F)(F)F)c4)C3)C2)nc1NCC(F)(F)F.